The summed E-state index contributed by atoms with van der Waals surface area (Å²) >= 11 is 5.97. The van der Waals surface area contributed by atoms with Crippen LogP contribution in [0.2, 0.25) is 5.02 Å². The lowest BCUT2D eigenvalue weighted by Gasteiger charge is -2.12. The highest BCUT2D eigenvalue weighted by molar-refractivity contribution is 7.92. The van der Waals surface area contributed by atoms with Gasteiger partial charge in [-0.15, -0.1) is 0 Å². The predicted octanol–water partition coefficient (Wildman–Crippen LogP) is 2.25. The molecule has 1 N–H and O–H groups in total. The number of sulfonamides is 1. The second-order valence-corrected chi connectivity index (χ2v) is 5.99. The number of nitrogens with zero attached hydrogens (tertiary/aromatic N) is 2. The van der Waals surface area contributed by atoms with Gasteiger partial charge in [-0.1, -0.05) is 11.6 Å². The molecule has 0 saturated carbocycles. The van der Waals surface area contributed by atoms with Crippen molar-refractivity contribution in [1.82, 2.24) is 9.97 Å². The molecule has 0 radical (unpaired) electrons. The molecule has 2 rings (SSSR count). The number of aryl methyl sites for hydroxylation is 1. The molecule has 0 aliphatic heterocycles. The summed E-state index contributed by atoms with van der Waals surface area (Å²) in [5.74, 6) is 0.182. The summed E-state index contributed by atoms with van der Waals surface area (Å²) in [6.45, 7) is 1.76. The van der Waals surface area contributed by atoms with E-state index < -0.39 is 10.0 Å². The van der Waals surface area contributed by atoms with Gasteiger partial charge in [0.25, 0.3) is 10.0 Å². The fourth-order valence-corrected chi connectivity index (χ4v) is 2.90. The van der Waals surface area contributed by atoms with E-state index in [0.29, 0.717) is 5.02 Å². The molecular weight excluding hydrogens is 302 g/mol. The normalized spacial score (nSPS) is 11.2. The first-order valence-electron chi connectivity index (χ1n) is 5.58. The van der Waals surface area contributed by atoms with Crippen molar-refractivity contribution in [3.8, 4) is 5.75 Å². The lowest BCUT2D eigenvalue weighted by Crippen LogP contribution is -2.16. The number of hydrogen-bond acceptors (Lipinski definition) is 5. The van der Waals surface area contributed by atoms with Crippen molar-refractivity contribution in [3.63, 3.8) is 0 Å². The van der Waals surface area contributed by atoms with Crippen LogP contribution >= 0.6 is 11.6 Å². The fourth-order valence-electron chi connectivity index (χ4n) is 1.53. The molecule has 20 heavy (non-hydrogen) atoms. The highest BCUT2D eigenvalue weighted by atomic mass is 35.5. The Balaban J connectivity index is 2.47. The zero-order chi connectivity index (χ0) is 14.8. The second-order valence-electron chi connectivity index (χ2n) is 3.93. The number of benzene rings is 1. The lowest BCUT2D eigenvalue weighted by molar-refractivity contribution is 0.402. The second kappa shape index (κ2) is 5.64. The fraction of sp³-hybridized carbons (Fsp3) is 0.167. The Kier molecular flexibility index (Phi) is 4.10. The van der Waals surface area contributed by atoms with Crippen LogP contribution < -0.4 is 9.46 Å². The van der Waals surface area contributed by atoms with Crippen molar-refractivity contribution in [2.75, 3.05) is 11.8 Å². The number of rotatable bonds is 4. The number of methoxy groups -OCH3 is 1. The molecule has 1 heterocycles. The summed E-state index contributed by atoms with van der Waals surface area (Å²) in [6.07, 6.45) is 2.87. The average Bonchev–Trinajstić information content (AvgIpc) is 2.42. The monoisotopic (exact) mass is 313 g/mol. The summed E-state index contributed by atoms with van der Waals surface area (Å²) in [6, 6.07) is 4.48. The largest absolute Gasteiger partial charge is 0.495 e. The molecule has 0 atom stereocenters. The summed E-state index contributed by atoms with van der Waals surface area (Å²) in [5, 5.41) is 0.333. The van der Waals surface area contributed by atoms with E-state index >= 15 is 0 Å². The van der Waals surface area contributed by atoms with E-state index in [1.807, 2.05) is 0 Å². The Morgan fingerprint density at radius 2 is 1.90 bits per heavy atom. The van der Waals surface area contributed by atoms with Crippen molar-refractivity contribution in [2.24, 2.45) is 0 Å². The number of halogens is 1. The van der Waals surface area contributed by atoms with Crippen LogP contribution in [-0.2, 0) is 10.0 Å². The van der Waals surface area contributed by atoms with E-state index in [9.17, 15) is 8.42 Å². The van der Waals surface area contributed by atoms with Gasteiger partial charge in [0.1, 0.15) is 10.6 Å². The van der Waals surface area contributed by atoms with Gasteiger partial charge in [-0.25, -0.2) is 23.1 Å². The maximum Gasteiger partial charge on any atom is 0.267 e. The molecule has 0 fully saturated rings. The van der Waals surface area contributed by atoms with Gasteiger partial charge in [-0.05, 0) is 30.7 Å². The molecule has 0 aliphatic rings. The molecule has 2 aromatic rings. The van der Waals surface area contributed by atoms with Gasteiger partial charge in [-0.3, -0.25) is 0 Å². The Morgan fingerprint density at radius 1 is 1.25 bits per heavy atom. The maximum atomic E-state index is 12.3. The van der Waals surface area contributed by atoms with Gasteiger partial charge in [0.15, 0.2) is 0 Å². The summed E-state index contributed by atoms with van der Waals surface area (Å²) < 4.78 is 32.0. The van der Waals surface area contributed by atoms with Crippen LogP contribution in [0.15, 0.2) is 35.5 Å². The molecule has 8 heteroatoms. The van der Waals surface area contributed by atoms with E-state index in [2.05, 4.69) is 14.7 Å². The average molecular weight is 314 g/mol. The van der Waals surface area contributed by atoms with Crippen molar-refractivity contribution in [2.45, 2.75) is 11.8 Å². The first kappa shape index (κ1) is 14.5. The van der Waals surface area contributed by atoms with Gasteiger partial charge in [0, 0.05) is 17.4 Å². The summed E-state index contributed by atoms with van der Waals surface area (Å²) in [4.78, 5) is 7.55. The third-order valence-corrected chi connectivity index (χ3v) is 4.28. The zero-order valence-corrected chi connectivity index (χ0v) is 12.4. The Bertz CT molecular complexity index is 720. The van der Waals surface area contributed by atoms with Crippen LogP contribution in [0.3, 0.4) is 0 Å². The van der Waals surface area contributed by atoms with Gasteiger partial charge in [-0.2, -0.15) is 0 Å². The summed E-state index contributed by atoms with van der Waals surface area (Å²) in [5.41, 5.74) is 0.721. The predicted molar refractivity (Wildman–Crippen MR) is 75.6 cm³/mol. The number of anilines is 1. The maximum absolute atomic E-state index is 12.3. The topological polar surface area (TPSA) is 81.2 Å². The quantitative estimate of drug-likeness (QED) is 0.936. The molecule has 6 nitrogen and oxygen atoms in total. The highest BCUT2D eigenvalue weighted by Gasteiger charge is 2.22. The number of hydrogen-bond donors (Lipinski definition) is 1. The Morgan fingerprint density at radius 3 is 2.50 bits per heavy atom. The minimum absolute atomic E-state index is 0.0220. The smallest absolute Gasteiger partial charge is 0.267 e. The van der Waals surface area contributed by atoms with Crippen LogP contribution in [0.4, 0.5) is 5.95 Å². The molecule has 106 valence electrons. The van der Waals surface area contributed by atoms with Crippen molar-refractivity contribution < 1.29 is 13.2 Å². The van der Waals surface area contributed by atoms with Crippen LogP contribution in [0, 0.1) is 6.92 Å². The van der Waals surface area contributed by atoms with Gasteiger partial charge < -0.3 is 4.74 Å². The molecule has 0 spiro atoms. The van der Waals surface area contributed by atoms with Gasteiger partial charge in [0.05, 0.1) is 7.11 Å². The molecule has 1 aromatic heterocycles. The van der Waals surface area contributed by atoms with Gasteiger partial charge >= 0.3 is 0 Å². The minimum atomic E-state index is -3.88. The first-order chi connectivity index (χ1) is 9.44. The standard InChI is InChI=1S/C12H12ClN3O3S/c1-8-6-10(19-2)11(7-9(8)13)20(17,18)16-12-14-4-3-5-15-12/h3-7H,1-2H3,(H,14,15,16). The summed E-state index contributed by atoms with van der Waals surface area (Å²) in [7, 11) is -2.49. The van der Waals surface area contributed by atoms with E-state index in [4.69, 9.17) is 16.3 Å². The Labute approximate surface area is 121 Å². The van der Waals surface area contributed by atoms with Crippen LogP contribution in [0.25, 0.3) is 0 Å². The Hall–Kier alpha value is -1.86. The number of nitrogens with one attached hydrogen (secondary N) is 1. The van der Waals surface area contributed by atoms with E-state index in [-0.39, 0.29) is 16.6 Å². The number of aromatic nitrogens is 2. The van der Waals surface area contributed by atoms with E-state index in [0.717, 1.165) is 5.56 Å². The molecule has 0 bridgehead atoms. The third-order valence-electron chi connectivity index (χ3n) is 2.53. The molecule has 0 aliphatic carbocycles. The molecule has 1 aromatic carbocycles. The number of ether oxygens (including phenoxy) is 1. The molecular formula is C12H12ClN3O3S. The SMILES string of the molecule is COc1cc(C)c(Cl)cc1S(=O)(=O)Nc1ncccn1. The third kappa shape index (κ3) is 3.00. The van der Waals surface area contributed by atoms with Crippen LogP contribution in [0.1, 0.15) is 5.56 Å². The van der Waals surface area contributed by atoms with E-state index in [1.54, 1.807) is 19.1 Å². The zero-order valence-electron chi connectivity index (χ0n) is 10.8. The molecule has 0 saturated heterocycles. The van der Waals surface area contributed by atoms with Crippen molar-refractivity contribution in [1.29, 1.82) is 0 Å². The van der Waals surface area contributed by atoms with Crippen LogP contribution in [-0.4, -0.2) is 25.5 Å². The van der Waals surface area contributed by atoms with Gasteiger partial charge in [0.2, 0.25) is 5.95 Å². The molecule has 0 unspecified atom stereocenters. The highest BCUT2D eigenvalue weighted by Crippen LogP contribution is 2.30. The molecule has 0 amide bonds. The lowest BCUT2D eigenvalue weighted by atomic mass is 10.2. The van der Waals surface area contributed by atoms with E-state index in [1.165, 1.54) is 25.6 Å². The first-order valence-corrected chi connectivity index (χ1v) is 7.44. The van der Waals surface area contributed by atoms with Crippen molar-refractivity contribution in [3.05, 3.63) is 41.2 Å². The minimum Gasteiger partial charge on any atom is -0.495 e. The van der Waals surface area contributed by atoms with Crippen LogP contribution in [0.5, 0.6) is 5.75 Å². The van der Waals surface area contributed by atoms with Crippen molar-refractivity contribution >= 4 is 27.6 Å².